The van der Waals surface area contributed by atoms with Crippen LogP contribution < -0.4 is 10.6 Å². The molecule has 27 heavy (non-hydrogen) atoms. The first kappa shape index (κ1) is 19.3. The zero-order valence-corrected chi connectivity index (χ0v) is 17.0. The minimum Gasteiger partial charge on any atom is -0.339 e. The van der Waals surface area contributed by atoms with E-state index in [1.54, 1.807) is 17.4 Å². The van der Waals surface area contributed by atoms with Crippen LogP contribution in [0.4, 0.5) is 5.69 Å². The Kier molecular flexibility index (Phi) is 6.03. The molecule has 3 aromatic rings. The Morgan fingerprint density at radius 1 is 1.07 bits per heavy atom. The average molecular weight is 400 g/mol. The van der Waals surface area contributed by atoms with E-state index in [2.05, 4.69) is 15.6 Å². The second-order valence-electron chi connectivity index (χ2n) is 6.49. The number of thiophene rings is 1. The summed E-state index contributed by atoms with van der Waals surface area (Å²) in [5.74, 6) is -0.494. The lowest BCUT2D eigenvalue weighted by atomic mass is 10.0. The summed E-state index contributed by atoms with van der Waals surface area (Å²) in [6.45, 7) is 5.79. The molecule has 7 heteroatoms. The third-order valence-electron chi connectivity index (χ3n) is 4.05. The van der Waals surface area contributed by atoms with Crippen LogP contribution in [-0.2, 0) is 4.79 Å². The third kappa shape index (κ3) is 4.81. The van der Waals surface area contributed by atoms with E-state index in [4.69, 9.17) is 0 Å². The molecule has 1 aromatic carbocycles. The molecule has 2 heterocycles. The Morgan fingerprint density at radius 3 is 2.37 bits per heavy atom. The quantitative estimate of drug-likeness (QED) is 0.638. The summed E-state index contributed by atoms with van der Waals surface area (Å²) in [5.41, 5.74) is 2.62. The molecule has 0 saturated heterocycles. The van der Waals surface area contributed by atoms with Gasteiger partial charge in [0.1, 0.15) is 6.04 Å². The van der Waals surface area contributed by atoms with E-state index in [0.717, 1.165) is 16.3 Å². The lowest BCUT2D eigenvalue weighted by Gasteiger charge is -2.21. The summed E-state index contributed by atoms with van der Waals surface area (Å²) >= 11 is 2.96. The molecule has 3 rings (SSSR count). The zero-order chi connectivity index (χ0) is 19.4. The first-order valence-electron chi connectivity index (χ1n) is 8.62. The molecular weight excluding hydrogens is 378 g/mol. The molecule has 0 aliphatic rings. The highest BCUT2D eigenvalue weighted by Crippen LogP contribution is 2.23. The molecule has 1 atom stereocenters. The van der Waals surface area contributed by atoms with E-state index in [9.17, 15) is 9.59 Å². The summed E-state index contributed by atoms with van der Waals surface area (Å²) in [6.07, 6.45) is 0. The molecule has 2 amide bonds. The lowest BCUT2D eigenvalue weighted by molar-refractivity contribution is -0.118. The van der Waals surface area contributed by atoms with Crippen LogP contribution in [0.15, 0.2) is 47.2 Å². The summed E-state index contributed by atoms with van der Waals surface area (Å²) < 4.78 is 0. The number of aromatic nitrogens is 1. The number of hydrogen-bond acceptors (Lipinski definition) is 5. The number of amides is 2. The first-order valence-corrected chi connectivity index (χ1v) is 10.4. The largest absolute Gasteiger partial charge is 0.339 e. The summed E-state index contributed by atoms with van der Waals surface area (Å²) in [6, 6.07) is 10.5. The summed E-state index contributed by atoms with van der Waals surface area (Å²) in [7, 11) is 0. The van der Waals surface area contributed by atoms with Crippen molar-refractivity contribution in [3.05, 3.63) is 57.0 Å². The van der Waals surface area contributed by atoms with Crippen LogP contribution in [-0.4, -0.2) is 22.8 Å². The fourth-order valence-corrected chi connectivity index (χ4v) is 3.84. The van der Waals surface area contributed by atoms with Crippen molar-refractivity contribution in [1.82, 2.24) is 10.3 Å². The maximum atomic E-state index is 12.7. The van der Waals surface area contributed by atoms with Gasteiger partial charge in [0.25, 0.3) is 5.91 Å². The highest BCUT2D eigenvalue weighted by Gasteiger charge is 2.25. The second-order valence-corrected chi connectivity index (χ2v) is 8.50. The number of anilines is 1. The Morgan fingerprint density at radius 2 is 1.81 bits per heavy atom. The third-order valence-corrected chi connectivity index (χ3v) is 5.69. The van der Waals surface area contributed by atoms with Gasteiger partial charge >= 0.3 is 0 Å². The normalized spacial score (nSPS) is 12.0. The molecular formula is C20H21N3O2S2. The maximum Gasteiger partial charge on any atom is 0.262 e. The fourth-order valence-electron chi connectivity index (χ4n) is 2.60. The van der Waals surface area contributed by atoms with E-state index < -0.39 is 6.04 Å². The Bertz CT molecular complexity index is 915. The molecule has 140 valence electrons. The molecule has 0 aliphatic carbocycles. The number of nitrogens with zero attached hydrogens (tertiary/aromatic N) is 1. The Hall–Kier alpha value is -2.51. The van der Waals surface area contributed by atoms with Crippen molar-refractivity contribution in [1.29, 1.82) is 0 Å². The van der Waals surface area contributed by atoms with Gasteiger partial charge in [0.05, 0.1) is 15.6 Å². The summed E-state index contributed by atoms with van der Waals surface area (Å²) in [5, 5.41) is 10.6. The predicted molar refractivity (Wildman–Crippen MR) is 111 cm³/mol. The SMILES string of the molecule is Cc1nc(-c2ccc(NC(=O)[C@H](NC(=O)c3cccs3)C(C)C)cc2)cs1. The van der Waals surface area contributed by atoms with E-state index in [0.29, 0.717) is 10.6 Å². The van der Waals surface area contributed by atoms with E-state index in [1.807, 2.05) is 61.9 Å². The molecule has 0 bridgehead atoms. The molecule has 2 aromatic heterocycles. The summed E-state index contributed by atoms with van der Waals surface area (Å²) in [4.78, 5) is 30.0. The minimum absolute atomic E-state index is 0.0360. The number of hydrogen-bond donors (Lipinski definition) is 2. The zero-order valence-electron chi connectivity index (χ0n) is 15.4. The smallest absolute Gasteiger partial charge is 0.262 e. The van der Waals surface area contributed by atoms with Gasteiger partial charge in [-0.1, -0.05) is 32.0 Å². The predicted octanol–water partition coefficient (Wildman–Crippen LogP) is 4.57. The molecule has 0 saturated carbocycles. The van der Waals surface area contributed by atoms with Gasteiger partial charge in [-0.2, -0.15) is 0 Å². The van der Waals surface area contributed by atoms with Crippen molar-refractivity contribution in [2.75, 3.05) is 5.32 Å². The number of carbonyl (C=O) groups is 2. The van der Waals surface area contributed by atoms with Crippen molar-refractivity contribution in [2.45, 2.75) is 26.8 Å². The van der Waals surface area contributed by atoms with Crippen LogP contribution in [0.5, 0.6) is 0 Å². The standard InChI is InChI=1S/C20H21N3O2S2/c1-12(2)18(23-19(24)17-5-4-10-26-17)20(25)22-15-8-6-14(7-9-15)16-11-27-13(3)21-16/h4-12,18H,1-3H3,(H,22,25)(H,23,24)/t18-/m1/s1. The first-order chi connectivity index (χ1) is 12.9. The van der Waals surface area contributed by atoms with Crippen molar-refractivity contribution in [3.8, 4) is 11.3 Å². The van der Waals surface area contributed by atoms with Gasteiger partial charge in [-0.25, -0.2) is 4.98 Å². The topological polar surface area (TPSA) is 71.1 Å². The van der Waals surface area contributed by atoms with Crippen LogP contribution in [0.25, 0.3) is 11.3 Å². The fraction of sp³-hybridized carbons (Fsp3) is 0.250. The molecule has 2 N–H and O–H groups in total. The van der Waals surface area contributed by atoms with Gasteiger partial charge in [-0.05, 0) is 36.4 Å². The van der Waals surface area contributed by atoms with Crippen LogP contribution in [0.1, 0.15) is 28.5 Å². The number of rotatable bonds is 6. The van der Waals surface area contributed by atoms with Gasteiger partial charge in [0.15, 0.2) is 0 Å². The van der Waals surface area contributed by atoms with Crippen LogP contribution in [0, 0.1) is 12.8 Å². The van der Waals surface area contributed by atoms with Gasteiger partial charge in [0, 0.05) is 16.6 Å². The van der Waals surface area contributed by atoms with Gasteiger partial charge in [-0.3, -0.25) is 9.59 Å². The van der Waals surface area contributed by atoms with Crippen LogP contribution in [0.2, 0.25) is 0 Å². The Labute approximate surface area is 166 Å². The molecule has 0 aliphatic heterocycles. The van der Waals surface area contributed by atoms with Crippen molar-refractivity contribution >= 4 is 40.2 Å². The van der Waals surface area contributed by atoms with Crippen molar-refractivity contribution in [2.24, 2.45) is 5.92 Å². The molecule has 5 nitrogen and oxygen atoms in total. The Balaban J connectivity index is 1.67. The number of benzene rings is 1. The number of aryl methyl sites for hydroxylation is 1. The molecule has 0 spiro atoms. The second kappa shape index (κ2) is 8.45. The maximum absolute atomic E-state index is 12.7. The number of carbonyl (C=O) groups excluding carboxylic acids is 2. The minimum atomic E-state index is -0.611. The van der Waals surface area contributed by atoms with Gasteiger partial charge in [-0.15, -0.1) is 22.7 Å². The van der Waals surface area contributed by atoms with E-state index in [-0.39, 0.29) is 17.7 Å². The van der Waals surface area contributed by atoms with Gasteiger partial charge in [0.2, 0.25) is 5.91 Å². The van der Waals surface area contributed by atoms with Gasteiger partial charge < -0.3 is 10.6 Å². The van der Waals surface area contributed by atoms with Crippen molar-refractivity contribution in [3.63, 3.8) is 0 Å². The lowest BCUT2D eigenvalue weighted by Crippen LogP contribution is -2.46. The monoisotopic (exact) mass is 399 g/mol. The van der Waals surface area contributed by atoms with Crippen LogP contribution >= 0.6 is 22.7 Å². The molecule has 0 unspecified atom stereocenters. The molecule has 0 radical (unpaired) electrons. The highest BCUT2D eigenvalue weighted by atomic mass is 32.1. The van der Waals surface area contributed by atoms with Crippen LogP contribution in [0.3, 0.4) is 0 Å². The average Bonchev–Trinajstić information content (AvgIpc) is 3.31. The molecule has 0 fully saturated rings. The van der Waals surface area contributed by atoms with Crippen molar-refractivity contribution < 1.29 is 9.59 Å². The number of thiazole rings is 1. The number of nitrogens with one attached hydrogen (secondary N) is 2. The highest BCUT2D eigenvalue weighted by molar-refractivity contribution is 7.12. The van der Waals surface area contributed by atoms with E-state index >= 15 is 0 Å². The van der Waals surface area contributed by atoms with E-state index in [1.165, 1.54) is 11.3 Å².